The smallest absolute Gasteiger partial charge is 0.0604 e. The number of nitrogens with zero attached hydrogens (tertiary/aromatic N) is 1. The van der Waals surface area contributed by atoms with E-state index in [1.165, 1.54) is 0 Å². The Morgan fingerprint density at radius 1 is 1.58 bits per heavy atom. The quantitative estimate of drug-likeness (QED) is 0.386. The SMILES string of the molecule is CC(C)C1CC(/C=N/N)CCO1. The summed E-state index contributed by atoms with van der Waals surface area (Å²) in [5, 5.41) is 3.57. The molecule has 0 bridgehead atoms. The highest BCUT2D eigenvalue weighted by Gasteiger charge is 2.23. The molecule has 0 saturated carbocycles. The van der Waals surface area contributed by atoms with Crippen molar-refractivity contribution in [3.63, 3.8) is 0 Å². The van der Waals surface area contributed by atoms with Crippen molar-refractivity contribution < 1.29 is 4.74 Å². The van der Waals surface area contributed by atoms with E-state index in [-0.39, 0.29) is 0 Å². The fraction of sp³-hybridized carbons (Fsp3) is 0.889. The molecular formula is C9H18N2O. The Hall–Kier alpha value is -0.570. The third-order valence-electron chi connectivity index (χ3n) is 2.40. The van der Waals surface area contributed by atoms with Crippen LogP contribution in [0.2, 0.25) is 0 Å². The number of rotatable bonds is 2. The van der Waals surface area contributed by atoms with Crippen LogP contribution in [0.25, 0.3) is 0 Å². The third kappa shape index (κ3) is 2.48. The number of hydrazone groups is 1. The molecule has 2 N–H and O–H groups in total. The summed E-state index contributed by atoms with van der Waals surface area (Å²) in [4.78, 5) is 0. The first-order valence-corrected chi connectivity index (χ1v) is 4.59. The Labute approximate surface area is 74.0 Å². The van der Waals surface area contributed by atoms with Crippen LogP contribution in [0.4, 0.5) is 0 Å². The fourth-order valence-corrected chi connectivity index (χ4v) is 1.58. The number of hydrogen-bond donors (Lipinski definition) is 1. The van der Waals surface area contributed by atoms with Crippen LogP contribution in [0, 0.1) is 11.8 Å². The minimum Gasteiger partial charge on any atom is -0.378 e. The first-order chi connectivity index (χ1) is 5.74. The Morgan fingerprint density at radius 3 is 2.92 bits per heavy atom. The Kier molecular flexibility index (Phi) is 3.53. The van der Waals surface area contributed by atoms with E-state index in [0.29, 0.717) is 17.9 Å². The zero-order chi connectivity index (χ0) is 8.97. The first-order valence-electron chi connectivity index (χ1n) is 4.59. The molecule has 0 radical (unpaired) electrons. The average molecular weight is 170 g/mol. The highest BCUT2D eigenvalue weighted by atomic mass is 16.5. The molecule has 0 aromatic rings. The lowest BCUT2D eigenvalue weighted by molar-refractivity contribution is -0.0216. The van der Waals surface area contributed by atoms with Crippen LogP contribution in [-0.4, -0.2) is 18.9 Å². The molecule has 2 unspecified atom stereocenters. The predicted octanol–water partition coefficient (Wildman–Crippen LogP) is 1.38. The third-order valence-corrected chi connectivity index (χ3v) is 2.40. The molecule has 1 aliphatic rings. The normalized spacial score (nSPS) is 31.6. The van der Waals surface area contributed by atoms with Crippen LogP contribution < -0.4 is 5.84 Å². The van der Waals surface area contributed by atoms with Crippen molar-refractivity contribution >= 4 is 6.21 Å². The maximum atomic E-state index is 5.61. The molecule has 3 heteroatoms. The summed E-state index contributed by atoms with van der Waals surface area (Å²) in [6.45, 7) is 5.22. The maximum absolute atomic E-state index is 5.61. The van der Waals surface area contributed by atoms with Gasteiger partial charge < -0.3 is 10.6 Å². The van der Waals surface area contributed by atoms with Gasteiger partial charge in [-0.25, -0.2) is 0 Å². The van der Waals surface area contributed by atoms with Gasteiger partial charge in [-0.2, -0.15) is 5.10 Å². The molecule has 1 saturated heterocycles. The van der Waals surface area contributed by atoms with Crippen molar-refractivity contribution in [2.24, 2.45) is 22.8 Å². The van der Waals surface area contributed by atoms with Crippen LogP contribution in [0.3, 0.4) is 0 Å². The van der Waals surface area contributed by atoms with E-state index in [4.69, 9.17) is 10.6 Å². The van der Waals surface area contributed by atoms with Crippen molar-refractivity contribution in [3.05, 3.63) is 0 Å². The molecule has 0 aliphatic carbocycles. The van der Waals surface area contributed by atoms with Gasteiger partial charge in [-0.1, -0.05) is 13.8 Å². The monoisotopic (exact) mass is 170 g/mol. The van der Waals surface area contributed by atoms with Gasteiger partial charge >= 0.3 is 0 Å². The molecule has 2 atom stereocenters. The largest absolute Gasteiger partial charge is 0.378 e. The summed E-state index contributed by atoms with van der Waals surface area (Å²) in [5.41, 5.74) is 0. The van der Waals surface area contributed by atoms with Crippen LogP contribution in [0.1, 0.15) is 26.7 Å². The van der Waals surface area contributed by atoms with Gasteiger partial charge in [0.2, 0.25) is 0 Å². The van der Waals surface area contributed by atoms with E-state index in [0.717, 1.165) is 19.4 Å². The number of hydrogen-bond acceptors (Lipinski definition) is 3. The number of nitrogens with two attached hydrogens (primary N) is 1. The van der Waals surface area contributed by atoms with Crippen molar-refractivity contribution in [1.29, 1.82) is 0 Å². The molecule has 1 fully saturated rings. The predicted molar refractivity (Wildman–Crippen MR) is 50.0 cm³/mol. The Morgan fingerprint density at radius 2 is 2.33 bits per heavy atom. The highest BCUT2D eigenvalue weighted by Crippen LogP contribution is 2.23. The van der Waals surface area contributed by atoms with Gasteiger partial charge in [0, 0.05) is 18.7 Å². The van der Waals surface area contributed by atoms with Crippen LogP contribution >= 0.6 is 0 Å². The molecule has 70 valence electrons. The topological polar surface area (TPSA) is 47.6 Å². The van der Waals surface area contributed by atoms with E-state index < -0.39 is 0 Å². The van der Waals surface area contributed by atoms with Crippen molar-refractivity contribution in [2.75, 3.05) is 6.61 Å². The van der Waals surface area contributed by atoms with Gasteiger partial charge in [0.05, 0.1) is 6.10 Å². The standard InChI is InChI=1S/C9H18N2O/c1-7(2)9-5-8(6-11-10)3-4-12-9/h6-9H,3-5,10H2,1-2H3/b11-6+. The lowest BCUT2D eigenvalue weighted by atomic mass is 9.91. The first kappa shape index (κ1) is 9.52. The van der Waals surface area contributed by atoms with Crippen molar-refractivity contribution in [3.8, 4) is 0 Å². The molecule has 0 aromatic carbocycles. The molecule has 0 spiro atoms. The van der Waals surface area contributed by atoms with Crippen molar-refractivity contribution in [2.45, 2.75) is 32.8 Å². The summed E-state index contributed by atoms with van der Waals surface area (Å²) in [5.74, 6) is 6.23. The van der Waals surface area contributed by atoms with Crippen molar-refractivity contribution in [1.82, 2.24) is 0 Å². The second-order valence-electron chi connectivity index (χ2n) is 3.74. The summed E-state index contributed by atoms with van der Waals surface area (Å²) in [6, 6.07) is 0. The molecule has 1 heterocycles. The minimum atomic E-state index is 0.391. The Balaban J connectivity index is 2.40. The summed E-state index contributed by atoms with van der Waals surface area (Å²) in [7, 11) is 0. The summed E-state index contributed by atoms with van der Waals surface area (Å²) in [6.07, 6.45) is 4.36. The fourth-order valence-electron chi connectivity index (χ4n) is 1.58. The molecular weight excluding hydrogens is 152 g/mol. The molecule has 0 aromatic heterocycles. The average Bonchev–Trinajstić information content (AvgIpc) is 2.05. The van der Waals surface area contributed by atoms with Crippen LogP contribution in [0.5, 0.6) is 0 Å². The van der Waals surface area contributed by atoms with Gasteiger partial charge in [-0.3, -0.25) is 0 Å². The molecule has 3 nitrogen and oxygen atoms in total. The minimum absolute atomic E-state index is 0.391. The van der Waals surface area contributed by atoms with E-state index >= 15 is 0 Å². The van der Waals surface area contributed by atoms with Gasteiger partial charge in [0.1, 0.15) is 0 Å². The summed E-state index contributed by atoms with van der Waals surface area (Å²) < 4.78 is 5.61. The molecule has 0 amide bonds. The van der Waals surface area contributed by atoms with Gasteiger partial charge in [-0.05, 0) is 18.8 Å². The van der Waals surface area contributed by atoms with E-state index in [2.05, 4.69) is 18.9 Å². The lowest BCUT2D eigenvalue weighted by Crippen LogP contribution is -2.30. The lowest BCUT2D eigenvalue weighted by Gasteiger charge is -2.29. The molecule has 1 aliphatic heterocycles. The Bertz CT molecular complexity index is 157. The maximum Gasteiger partial charge on any atom is 0.0604 e. The second kappa shape index (κ2) is 4.45. The molecule has 1 rings (SSSR count). The second-order valence-corrected chi connectivity index (χ2v) is 3.74. The zero-order valence-electron chi connectivity index (χ0n) is 7.86. The van der Waals surface area contributed by atoms with Gasteiger partial charge in [0.25, 0.3) is 0 Å². The van der Waals surface area contributed by atoms with Crippen LogP contribution in [-0.2, 0) is 4.74 Å². The van der Waals surface area contributed by atoms with Gasteiger partial charge in [-0.15, -0.1) is 0 Å². The van der Waals surface area contributed by atoms with Gasteiger partial charge in [0.15, 0.2) is 0 Å². The summed E-state index contributed by atoms with van der Waals surface area (Å²) >= 11 is 0. The van der Waals surface area contributed by atoms with Crippen LogP contribution in [0.15, 0.2) is 5.10 Å². The van der Waals surface area contributed by atoms with E-state index in [1.807, 2.05) is 6.21 Å². The molecule has 12 heavy (non-hydrogen) atoms. The zero-order valence-corrected chi connectivity index (χ0v) is 7.86. The van der Waals surface area contributed by atoms with E-state index in [1.54, 1.807) is 0 Å². The van der Waals surface area contributed by atoms with E-state index in [9.17, 15) is 0 Å². The highest BCUT2D eigenvalue weighted by molar-refractivity contribution is 5.60. The number of ether oxygens (including phenoxy) is 1.